The molecule has 0 heterocycles. The highest BCUT2D eigenvalue weighted by atomic mass is 16.4. The Balaban J connectivity index is 2.73. The van der Waals surface area contributed by atoms with Crippen molar-refractivity contribution < 1.29 is 14.7 Å². The normalized spacial score (nSPS) is 29.1. The molecule has 4 heteroatoms. The largest absolute Gasteiger partial charge is 0.481 e. The number of hydrogen-bond acceptors (Lipinski definition) is 2. The second-order valence-corrected chi connectivity index (χ2v) is 6.04. The van der Waals surface area contributed by atoms with Crippen molar-refractivity contribution in [1.82, 2.24) is 5.32 Å². The zero-order valence-electron chi connectivity index (χ0n) is 11.1. The van der Waals surface area contributed by atoms with Gasteiger partial charge in [0.25, 0.3) is 0 Å². The second-order valence-electron chi connectivity index (χ2n) is 6.04. The van der Waals surface area contributed by atoms with Gasteiger partial charge in [0.15, 0.2) is 0 Å². The Kier molecular flexibility index (Phi) is 4.17. The van der Waals surface area contributed by atoms with Crippen LogP contribution in [0.1, 0.15) is 47.0 Å². The highest BCUT2D eigenvalue weighted by Gasteiger charge is 2.42. The van der Waals surface area contributed by atoms with E-state index in [0.717, 1.165) is 6.42 Å². The van der Waals surface area contributed by atoms with Crippen molar-refractivity contribution in [2.45, 2.75) is 52.5 Å². The molecule has 3 atom stereocenters. The summed E-state index contributed by atoms with van der Waals surface area (Å²) in [5.41, 5.74) is -0.301. The number of amides is 1. The van der Waals surface area contributed by atoms with E-state index in [1.807, 2.05) is 27.7 Å². The third-order valence-electron chi connectivity index (χ3n) is 3.39. The van der Waals surface area contributed by atoms with E-state index in [1.54, 1.807) is 0 Å². The van der Waals surface area contributed by atoms with E-state index in [1.165, 1.54) is 0 Å². The van der Waals surface area contributed by atoms with Crippen molar-refractivity contribution in [2.75, 3.05) is 0 Å². The van der Waals surface area contributed by atoms with Gasteiger partial charge in [-0.1, -0.05) is 13.3 Å². The van der Waals surface area contributed by atoms with Gasteiger partial charge >= 0.3 is 5.97 Å². The molecule has 1 aliphatic rings. The molecule has 0 aromatic carbocycles. The van der Waals surface area contributed by atoms with E-state index in [9.17, 15) is 9.59 Å². The molecule has 1 rings (SSSR count). The Labute approximate surface area is 103 Å². The summed E-state index contributed by atoms with van der Waals surface area (Å²) >= 11 is 0. The van der Waals surface area contributed by atoms with Gasteiger partial charge in [-0.25, -0.2) is 0 Å². The minimum Gasteiger partial charge on any atom is -0.481 e. The number of carbonyl (C=O) groups excluding carboxylic acids is 1. The lowest BCUT2D eigenvalue weighted by atomic mass is 9.94. The lowest BCUT2D eigenvalue weighted by molar-refractivity contribution is -0.146. The first-order chi connectivity index (χ1) is 7.74. The van der Waals surface area contributed by atoms with Gasteiger partial charge in [0.1, 0.15) is 0 Å². The predicted molar refractivity (Wildman–Crippen MR) is 65.5 cm³/mol. The van der Waals surface area contributed by atoms with Gasteiger partial charge in [-0.15, -0.1) is 0 Å². The molecule has 0 spiro atoms. The molecule has 1 amide bonds. The summed E-state index contributed by atoms with van der Waals surface area (Å²) in [6.45, 7) is 7.78. The van der Waals surface area contributed by atoms with Crippen molar-refractivity contribution in [2.24, 2.45) is 17.8 Å². The van der Waals surface area contributed by atoms with Crippen LogP contribution < -0.4 is 5.32 Å². The van der Waals surface area contributed by atoms with Crippen LogP contribution >= 0.6 is 0 Å². The predicted octanol–water partition coefficient (Wildman–Crippen LogP) is 2.04. The molecule has 0 aromatic rings. The van der Waals surface area contributed by atoms with Crippen molar-refractivity contribution in [3.05, 3.63) is 0 Å². The minimum atomic E-state index is -0.838. The SMILES string of the molecule is CCC1CC(C(=O)O)C(C(=O)NC(C)(C)C)C1. The van der Waals surface area contributed by atoms with Gasteiger partial charge in [0, 0.05) is 5.54 Å². The van der Waals surface area contributed by atoms with Crippen molar-refractivity contribution in [3.8, 4) is 0 Å². The van der Waals surface area contributed by atoms with Crippen LogP contribution in [0.2, 0.25) is 0 Å². The number of carboxylic acid groups (broad SMARTS) is 1. The van der Waals surface area contributed by atoms with Gasteiger partial charge in [-0.2, -0.15) is 0 Å². The van der Waals surface area contributed by atoms with Gasteiger partial charge in [0.2, 0.25) is 5.91 Å². The highest BCUT2D eigenvalue weighted by molar-refractivity contribution is 5.85. The maximum atomic E-state index is 12.1. The van der Waals surface area contributed by atoms with Crippen LogP contribution in [0.25, 0.3) is 0 Å². The second kappa shape index (κ2) is 5.07. The van der Waals surface area contributed by atoms with Gasteiger partial charge < -0.3 is 10.4 Å². The maximum Gasteiger partial charge on any atom is 0.307 e. The molecule has 17 heavy (non-hydrogen) atoms. The topological polar surface area (TPSA) is 66.4 Å². The van der Waals surface area contributed by atoms with E-state index >= 15 is 0 Å². The van der Waals surface area contributed by atoms with Crippen molar-refractivity contribution in [3.63, 3.8) is 0 Å². The summed E-state index contributed by atoms with van der Waals surface area (Å²) in [4.78, 5) is 23.2. The third-order valence-corrected chi connectivity index (χ3v) is 3.39. The molecule has 0 saturated heterocycles. The van der Waals surface area contributed by atoms with E-state index in [2.05, 4.69) is 5.32 Å². The van der Waals surface area contributed by atoms with Gasteiger partial charge in [-0.05, 0) is 39.5 Å². The summed E-state index contributed by atoms with van der Waals surface area (Å²) in [5, 5.41) is 12.1. The maximum absolute atomic E-state index is 12.1. The van der Waals surface area contributed by atoms with Crippen LogP contribution in [-0.2, 0) is 9.59 Å². The smallest absolute Gasteiger partial charge is 0.307 e. The molecule has 98 valence electrons. The first kappa shape index (κ1) is 14.0. The number of hydrogen-bond donors (Lipinski definition) is 2. The highest BCUT2D eigenvalue weighted by Crippen LogP contribution is 2.38. The fourth-order valence-electron chi connectivity index (χ4n) is 2.50. The lowest BCUT2D eigenvalue weighted by Gasteiger charge is -2.24. The summed E-state index contributed by atoms with van der Waals surface area (Å²) in [6, 6.07) is 0. The molecule has 0 radical (unpaired) electrons. The monoisotopic (exact) mass is 241 g/mol. The van der Waals surface area contributed by atoms with Crippen LogP contribution in [0.3, 0.4) is 0 Å². The number of carboxylic acids is 1. The Bertz CT molecular complexity index is 306. The van der Waals surface area contributed by atoms with Gasteiger partial charge in [-0.3, -0.25) is 9.59 Å². The summed E-state index contributed by atoms with van der Waals surface area (Å²) in [7, 11) is 0. The quantitative estimate of drug-likeness (QED) is 0.794. The number of aliphatic carboxylic acids is 1. The Morgan fingerprint density at radius 2 is 1.76 bits per heavy atom. The number of nitrogens with one attached hydrogen (secondary N) is 1. The van der Waals surface area contributed by atoms with Crippen LogP contribution in [0.5, 0.6) is 0 Å². The first-order valence-corrected chi connectivity index (χ1v) is 6.29. The molecule has 2 N–H and O–H groups in total. The standard InChI is InChI=1S/C13H23NO3/c1-5-8-6-9(10(7-8)12(16)17)11(15)14-13(2,3)4/h8-10H,5-7H2,1-4H3,(H,14,15)(H,16,17). The van der Waals surface area contributed by atoms with Crippen LogP contribution in [0, 0.1) is 17.8 Å². The van der Waals surface area contributed by atoms with Crippen LogP contribution in [0.15, 0.2) is 0 Å². The van der Waals surface area contributed by atoms with Crippen molar-refractivity contribution >= 4 is 11.9 Å². The molecular weight excluding hydrogens is 218 g/mol. The molecule has 1 aliphatic carbocycles. The Morgan fingerprint density at radius 3 is 2.18 bits per heavy atom. The Hall–Kier alpha value is -1.06. The molecule has 1 fully saturated rings. The first-order valence-electron chi connectivity index (χ1n) is 6.29. The average Bonchev–Trinajstić information content (AvgIpc) is 2.58. The fourth-order valence-corrected chi connectivity index (χ4v) is 2.50. The van der Waals surface area contributed by atoms with Crippen LogP contribution in [-0.4, -0.2) is 22.5 Å². The Morgan fingerprint density at radius 1 is 1.24 bits per heavy atom. The molecule has 4 nitrogen and oxygen atoms in total. The summed E-state index contributed by atoms with van der Waals surface area (Å²) in [5.74, 6) is -1.46. The fraction of sp³-hybridized carbons (Fsp3) is 0.846. The molecule has 0 aromatic heterocycles. The molecular formula is C13H23NO3. The molecule has 3 unspecified atom stereocenters. The van der Waals surface area contributed by atoms with E-state index in [-0.39, 0.29) is 17.4 Å². The zero-order valence-corrected chi connectivity index (χ0v) is 11.1. The zero-order chi connectivity index (χ0) is 13.2. The number of carbonyl (C=O) groups is 2. The summed E-state index contributed by atoms with van der Waals surface area (Å²) in [6.07, 6.45) is 2.28. The molecule has 0 bridgehead atoms. The number of rotatable bonds is 3. The molecule has 0 aliphatic heterocycles. The van der Waals surface area contributed by atoms with Crippen LogP contribution in [0.4, 0.5) is 0 Å². The van der Waals surface area contributed by atoms with Gasteiger partial charge in [0.05, 0.1) is 11.8 Å². The molecule has 1 saturated carbocycles. The lowest BCUT2D eigenvalue weighted by Crippen LogP contribution is -2.45. The van der Waals surface area contributed by atoms with Crippen molar-refractivity contribution in [1.29, 1.82) is 0 Å². The third kappa shape index (κ3) is 3.72. The van der Waals surface area contributed by atoms with E-state index in [4.69, 9.17) is 5.11 Å². The summed E-state index contributed by atoms with van der Waals surface area (Å²) < 4.78 is 0. The minimum absolute atomic E-state index is 0.110. The van der Waals surface area contributed by atoms with E-state index in [0.29, 0.717) is 18.8 Å². The van der Waals surface area contributed by atoms with E-state index < -0.39 is 11.9 Å². The average molecular weight is 241 g/mol.